The molecular weight excluding hydrogens is 354 g/mol. The number of ether oxygens (including phenoxy) is 1. The van der Waals surface area contributed by atoms with E-state index >= 15 is 0 Å². The van der Waals surface area contributed by atoms with Crippen molar-refractivity contribution in [1.29, 1.82) is 0 Å². The number of likely N-dealkylation sites (tertiary alicyclic amines) is 1. The molecule has 1 unspecified atom stereocenters. The Bertz CT molecular complexity index is 712. The molecule has 1 aliphatic heterocycles. The fourth-order valence-corrected chi connectivity index (χ4v) is 5.11. The van der Waals surface area contributed by atoms with Crippen LogP contribution in [0.5, 0.6) is 0 Å². The zero-order chi connectivity index (χ0) is 17.8. The van der Waals surface area contributed by atoms with Gasteiger partial charge in [-0.1, -0.05) is 17.8 Å². The molecule has 0 saturated carbocycles. The van der Waals surface area contributed by atoms with Gasteiger partial charge < -0.3 is 14.2 Å². The molecule has 5 nitrogen and oxygen atoms in total. The third-order valence-corrected chi connectivity index (χ3v) is 6.65. The van der Waals surface area contributed by atoms with Crippen molar-refractivity contribution < 1.29 is 9.53 Å². The van der Waals surface area contributed by atoms with Gasteiger partial charge in [0.1, 0.15) is 0 Å². The highest BCUT2D eigenvalue weighted by Crippen LogP contribution is 2.35. The summed E-state index contributed by atoms with van der Waals surface area (Å²) in [5, 5.41) is 3.00. The molecule has 25 heavy (non-hydrogen) atoms. The van der Waals surface area contributed by atoms with E-state index in [2.05, 4.69) is 34.0 Å². The first-order valence-corrected chi connectivity index (χ1v) is 10.5. The van der Waals surface area contributed by atoms with E-state index in [4.69, 9.17) is 4.74 Å². The highest BCUT2D eigenvalue weighted by atomic mass is 32.2. The van der Waals surface area contributed by atoms with Gasteiger partial charge in [0, 0.05) is 30.8 Å². The Kier molecular flexibility index (Phi) is 6.19. The Morgan fingerprint density at radius 3 is 3.04 bits per heavy atom. The van der Waals surface area contributed by atoms with Gasteiger partial charge in [-0.05, 0) is 38.1 Å². The van der Waals surface area contributed by atoms with Gasteiger partial charge in [-0.15, -0.1) is 11.3 Å². The van der Waals surface area contributed by atoms with Crippen LogP contribution in [0.15, 0.2) is 22.7 Å². The van der Waals surface area contributed by atoms with E-state index in [1.54, 1.807) is 18.4 Å². The van der Waals surface area contributed by atoms with E-state index in [1.807, 2.05) is 11.8 Å². The average molecular weight is 380 g/mol. The summed E-state index contributed by atoms with van der Waals surface area (Å²) in [5.41, 5.74) is 2.16. The number of thioether (sulfide) groups is 1. The molecule has 2 aromatic heterocycles. The monoisotopic (exact) mass is 379 g/mol. The van der Waals surface area contributed by atoms with E-state index in [-0.39, 0.29) is 11.9 Å². The van der Waals surface area contributed by atoms with Crippen molar-refractivity contribution >= 4 is 29.0 Å². The molecule has 0 aromatic carbocycles. The minimum Gasteiger partial charge on any atom is -0.383 e. The Morgan fingerprint density at radius 1 is 1.48 bits per heavy atom. The number of hydrogen-bond donors (Lipinski definition) is 0. The van der Waals surface area contributed by atoms with Gasteiger partial charge >= 0.3 is 0 Å². The van der Waals surface area contributed by atoms with Crippen molar-refractivity contribution in [3.05, 3.63) is 33.8 Å². The SMILES string of the molecule is COCCn1c(SCC(=O)N2CCCC2c2cccs2)nc(C)c1C. The lowest BCUT2D eigenvalue weighted by Crippen LogP contribution is -2.31. The summed E-state index contributed by atoms with van der Waals surface area (Å²) in [6.45, 7) is 6.35. The fraction of sp³-hybridized carbons (Fsp3) is 0.556. The topological polar surface area (TPSA) is 47.4 Å². The number of thiophene rings is 1. The van der Waals surface area contributed by atoms with Crippen molar-refractivity contribution in [3.8, 4) is 0 Å². The Hall–Kier alpha value is -1.31. The molecule has 1 aliphatic rings. The summed E-state index contributed by atoms with van der Waals surface area (Å²) in [6, 6.07) is 4.45. The van der Waals surface area contributed by atoms with Gasteiger partial charge in [-0.3, -0.25) is 4.79 Å². The molecule has 0 N–H and O–H groups in total. The first kappa shape index (κ1) is 18.5. The Balaban J connectivity index is 1.65. The largest absolute Gasteiger partial charge is 0.383 e. The summed E-state index contributed by atoms with van der Waals surface area (Å²) < 4.78 is 7.35. The van der Waals surface area contributed by atoms with Crippen molar-refractivity contribution in [2.75, 3.05) is 26.0 Å². The van der Waals surface area contributed by atoms with Crippen LogP contribution in [-0.4, -0.2) is 46.4 Å². The van der Waals surface area contributed by atoms with Crippen LogP contribution in [0.2, 0.25) is 0 Å². The summed E-state index contributed by atoms with van der Waals surface area (Å²) in [5.74, 6) is 0.641. The minimum atomic E-state index is 0.206. The van der Waals surface area contributed by atoms with Crippen molar-refractivity contribution in [2.24, 2.45) is 0 Å². The first-order valence-electron chi connectivity index (χ1n) is 8.60. The molecule has 1 amide bonds. The lowest BCUT2D eigenvalue weighted by atomic mass is 10.2. The number of imidazole rings is 1. The lowest BCUT2D eigenvalue weighted by Gasteiger charge is -2.23. The normalized spacial score (nSPS) is 17.4. The summed E-state index contributed by atoms with van der Waals surface area (Å²) >= 11 is 3.28. The predicted octanol–water partition coefficient (Wildman–Crippen LogP) is 3.66. The van der Waals surface area contributed by atoms with E-state index < -0.39 is 0 Å². The number of rotatable bonds is 7. The second kappa shape index (κ2) is 8.38. The molecule has 1 saturated heterocycles. The van der Waals surface area contributed by atoms with Crippen molar-refractivity contribution in [2.45, 2.75) is 44.4 Å². The average Bonchev–Trinajstić information content (AvgIpc) is 3.33. The van der Waals surface area contributed by atoms with Crippen LogP contribution in [0.4, 0.5) is 0 Å². The molecule has 0 spiro atoms. The molecule has 7 heteroatoms. The van der Waals surface area contributed by atoms with Crippen LogP contribution in [-0.2, 0) is 16.1 Å². The Morgan fingerprint density at radius 2 is 2.32 bits per heavy atom. The van der Waals surface area contributed by atoms with Gasteiger partial charge in [-0.25, -0.2) is 4.98 Å². The molecule has 0 aliphatic carbocycles. The zero-order valence-electron chi connectivity index (χ0n) is 15.0. The molecule has 136 valence electrons. The molecule has 3 rings (SSSR count). The van der Waals surface area contributed by atoms with Crippen LogP contribution in [0.1, 0.15) is 35.1 Å². The zero-order valence-corrected chi connectivity index (χ0v) is 16.7. The molecule has 2 aromatic rings. The number of nitrogens with zero attached hydrogens (tertiary/aromatic N) is 3. The van der Waals surface area contributed by atoms with Crippen LogP contribution in [0, 0.1) is 13.8 Å². The number of hydrogen-bond acceptors (Lipinski definition) is 5. The third-order valence-electron chi connectivity index (χ3n) is 4.71. The van der Waals surface area contributed by atoms with Gasteiger partial charge in [-0.2, -0.15) is 0 Å². The lowest BCUT2D eigenvalue weighted by molar-refractivity contribution is -0.129. The summed E-state index contributed by atoms with van der Waals surface area (Å²) in [4.78, 5) is 20.8. The predicted molar refractivity (Wildman–Crippen MR) is 102 cm³/mol. The first-order chi connectivity index (χ1) is 12.1. The Labute approximate surface area is 157 Å². The van der Waals surface area contributed by atoms with Gasteiger partial charge in [0.15, 0.2) is 5.16 Å². The molecular formula is C18H25N3O2S2. The minimum absolute atomic E-state index is 0.206. The van der Waals surface area contributed by atoms with Gasteiger partial charge in [0.2, 0.25) is 5.91 Å². The third kappa shape index (κ3) is 4.10. The van der Waals surface area contributed by atoms with Crippen LogP contribution in [0.3, 0.4) is 0 Å². The standard InChI is InChI=1S/C18H25N3O2S2/c1-13-14(2)20(9-10-23-3)18(19-13)25-12-17(22)21-8-4-6-15(21)16-7-5-11-24-16/h5,7,11,15H,4,6,8-10,12H2,1-3H3. The highest BCUT2D eigenvalue weighted by molar-refractivity contribution is 7.99. The van der Waals surface area contributed by atoms with E-state index in [1.165, 1.54) is 16.6 Å². The van der Waals surface area contributed by atoms with Gasteiger partial charge in [0.25, 0.3) is 0 Å². The molecule has 1 fully saturated rings. The molecule has 3 heterocycles. The number of methoxy groups -OCH3 is 1. The molecule has 0 bridgehead atoms. The number of aryl methyl sites for hydroxylation is 1. The van der Waals surface area contributed by atoms with Crippen molar-refractivity contribution in [3.63, 3.8) is 0 Å². The van der Waals surface area contributed by atoms with Crippen LogP contribution in [0.25, 0.3) is 0 Å². The smallest absolute Gasteiger partial charge is 0.233 e. The van der Waals surface area contributed by atoms with E-state index in [9.17, 15) is 4.79 Å². The van der Waals surface area contributed by atoms with Gasteiger partial charge in [0.05, 0.1) is 24.1 Å². The fourth-order valence-electron chi connectivity index (χ4n) is 3.23. The van der Waals surface area contributed by atoms with E-state index in [0.717, 1.165) is 42.5 Å². The summed E-state index contributed by atoms with van der Waals surface area (Å²) in [6.07, 6.45) is 2.15. The second-order valence-electron chi connectivity index (χ2n) is 6.26. The highest BCUT2D eigenvalue weighted by Gasteiger charge is 2.30. The number of carbonyl (C=O) groups excluding carboxylic acids is 1. The molecule has 0 radical (unpaired) electrons. The van der Waals surface area contributed by atoms with Crippen molar-refractivity contribution in [1.82, 2.24) is 14.5 Å². The van der Waals surface area contributed by atoms with E-state index in [0.29, 0.717) is 12.4 Å². The molecule has 1 atom stereocenters. The number of aromatic nitrogens is 2. The van der Waals surface area contributed by atoms with Crippen LogP contribution >= 0.6 is 23.1 Å². The number of carbonyl (C=O) groups is 1. The summed E-state index contributed by atoms with van der Waals surface area (Å²) in [7, 11) is 1.70. The number of amides is 1. The maximum atomic E-state index is 12.8. The second-order valence-corrected chi connectivity index (χ2v) is 8.18. The maximum absolute atomic E-state index is 12.8. The quantitative estimate of drug-likeness (QED) is 0.689. The van der Waals surface area contributed by atoms with Crippen LogP contribution < -0.4 is 0 Å². The maximum Gasteiger partial charge on any atom is 0.233 e.